The molecule has 1 N–H and O–H groups in total. The van der Waals surface area contributed by atoms with Crippen molar-refractivity contribution in [3.05, 3.63) is 98.5 Å². The van der Waals surface area contributed by atoms with Crippen LogP contribution in [0.2, 0.25) is 0 Å². The molecule has 13 heteroatoms. The normalized spacial score (nSPS) is 14.3. The lowest BCUT2D eigenvalue weighted by molar-refractivity contribution is -0.384. The van der Waals surface area contributed by atoms with Crippen LogP contribution in [0.3, 0.4) is 0 Å². The van der Waals surface area contributed by atoms with Crippen LogP contribution in [0.1, 0.15) is 43.2 Å². The van der Waals surface area contributed by atoms with Gasteiger partial charge in [0.15, 0.2) is 0 Å². The van der Waals surface area contributed by atoms with E-state index < -0.39 is 33.4 Å². The number of nitro benzene ring substituents is 1. The summed E-state index contributed by atoms with van der Waals surface area (Å²) in [5.74, 6) is -0.944. The monoisotopic (exact) mass is 700 g/mol. The van der Waals surface area contributed by atoms with Gasteiger partial charge in [-0.3, -0.25) is 24.0 Å². The van der Waals surface area contributed by atoms with Gasteiger partial charge in [-0.1, -0.05) is 77.7 Å². The van der Waals surface area contributed by atoms with Crippen LogP contribution in [0.15, 0.2) is 77.3 Å². The molecule has 11 nitrogen and oxygen atoms in total. The molecule has 3 aromatic rings. The number of rotatable bonds is 13. The van der Waals surface area contributed by atoms with Crippen LogP contribution < -0.4 is 14.4 Å². The Morgan fingerprint density at radius 3 is 2.29 bits per heavy atom. The van der Waals surface area contributed by atoms with Crippen molar-refractivity contribution in [2.45, 2.75) is 57.2 Å². The maximum atomic E-state index is 14.3. The first kappa shape index (κ1) is 33.9. The minimum Gasteiger partial charge on any atom is -0.495 e. The van der Waals surface area contributed by atoms with E-state index in [1.54, 1.807) is 0 Å². The smallest absolute Gasteiger partial charge is 0.271 e. The van der Waals surface area contributed by atoms with Crippen LogP contribution >= 0.6 is 15.9 Å². The molecular weight excluding hydrogens is 664 g/mol. The first-order valence-electron chi connectivity index (χ1n) is 14.6. The molecule has 0 unspecified atom stereocenters. The van der Waals surface area contributed by atoms with Crippen molar-refractivity contribution in [3.63, 3.8) is 0 Å². The number of benzene rings is 3. The summed E-state index contributed by atoms with van der Waals surface area (Å²) in [6.45, 7) is -0.694. The highest BCUT2D eigenvalue weighted by atomic mass is 79.9. The molecule has 0 aromatic heterocycles. The quantitative estimate of drug-likeness (QED) is 0.191. The number of halogens is 1. The second-order valence-electron chi connectivity index (χ2n) is 11.1. The van der Waals surface area contributed by atoms with Crippen LogP contribution in [0, 0.1) is 10.1 Å². The minimum atomic E-state index is -4.15. The Morgan fingerprint density at radius 1 is 1.02 bits per heavy atom. The third kappa shape index (κ3) is 9.27. The van der Waals surface area contributed by atoms with Gasteiger partial charge in [0.1, 0.15) is 24.0 Å². The molecule has 0 spiro atoms. The predicted octanol–water partition coefficient (Wildman–Crippen LogP) is 5.22. The summed E-state index contributed by atoms with van der Waals surface area (Å²) in [5, 5.41) is 14.7. The largest absolute Gasteiger partial charge is 0.495 e. The van der Waals surface area contributed by atoms with Crippen LogP contribution in [0.5, 0.6) is 5.75 Å². The molecule has 0 radical (unpaired) electrons. The number of anilines is 1. The van der Waals surface area contributed by atoms with Crippen molar-refractivity contribution >= 4 is 49.1 Å². The van der Waals surface area contributed by atoms with Crippen molar-refractivity contribution < 1.29 is 27.7 Å². The average molecular weight is 702 g/mol. The second-order valence-corrected chi connectivity index (χ2v) is 13.9. The molecular formula is C32H37BrN4O7S. The van der Waals surface area contributed by atoms with E-state index in [0.717, 1.165) is 64.3 Å². The van der Waals surface area contributed by atoms with Gasteiger partial charge in [-0.05, 0) is 42.2 Å². The van der Waals surface area contributed by atoms with E-state index >= 15 is 0 Å². The summed E-state index contributed by atoms with van der Waals surface area (Å²) in [7, 11) is -2.85. The molecule has 1 aliphatic carbocycles. The van der Waals surface area contributed by atoms with Gasteiger partial charge in [0.2, 0.25) is 21.8 Å². The Kier molecular flexibility index (Phi) is 11.6. The van der Waals surface area contributed by atoms with Gasteiger partial charge in [0.05, 0.1) is 18.3 Å². The van der Waals surface area contributed by atoms with Gasteiger partial charge in [0, 0.05) is 35.6 Å². The zero-order valence-electron chi connectivity index (χ0n) is 25.2. The maximum absolute atomic E-state index is 14.3. The molecule has 3 aromatic carbocycles. The van der Waals surface area contributed by atoms with E-state index in [9.17, 15) is 28.1 Å². The Labute approximate surface area is 271 Å². The Morgan fingerprint density at radius 2 is 1.69 bits per heavy atom. The number of hydrogen-bond acceptors (Lipinski definition) is 7. The number of nitro groups is 1. The summed E-state index contributed by atoms with van der Waals surface area (Å²) < 4.78 is 33.2. The number of sulfonamides is 1. The minimum absolute atomic E-state index is 0.0178. The number of ether oxygens (including phenoxy) is 1. The zero-order chi connectivity index (χ0) is 32.6. The van der Waals surface area contributed by atoms with Crippen LogP contribution in [0.4, 0.5) is 11.4 Å². The summed E-state index contributed by atoms with van der Waals surface area (Å²) >= 11 is 3.42. The first-order chi connectivity index (χ1) is 21.5. The molecule has 45 heavy (non-hydrogen) atoms. The summed E-state index contributed by atoms with van der Waals surface area (Å²) in [5.41, 5.74) is 1.04. The third-order valence-electron chi connectivity index (χ3n) is 7.81. The van der Waals surface area contributed by atoms with Gasteiger partial charge < -0.3 is 15.0 Å². The highest BCUT2D eigenvalue weighted by Crippen LogP contribution is 2.34. The fraction of sp³-hybridized carbons (Fsp3) is 0.375. The van der Waals surface area contributed by atoms with Crippen molar-refractivity contribution in [3.8, 4) is 5.75 Å². The molecule has 1 fully saturated rings. The maximum Gasteiger partial charge on any atom is 0.271 e. The number of carbonyl (C=O) groups excluding carboxylic acids is 2. The number of nitrogens with one attached hydrogen (secondary N) is 1. The van der Waals surface area contributed by atoms with E-state index in [1.165, 1.54) is 24.1 Å². The van der Waals surface area contributed by atoms with Crippen LogP contribution in [-0.4, -0.2) is 62.0 Å². The second kappa shape index (κ2) is 15.3. The van der Waals surface area contributed by atoms with Gasteiger partial charge in [-0.2, -0.15) is 0 Å². The van der Waals surface area contributed by atoms with E-state index in [1.807, 2.05) is 54.6 Å². The van der Waals surface area contributed by atoms with Crippen molar-refractivity contribution in [1.29, 1.82) is 0 Å². The van der Waals surface area contributed by atoms with Crippen molar-refractivity contribution in [2.75, 3.05) is 24.2 Å². The predicted molar refractivity (Wildman–Crippen MR) is 175 cm³/mol. The SMILES string of the molecule is COc1ccc([N+](=O)[O-])cc1N(CC(=O)N(Cc1ccc(Br)cc1)[C@H](Cc1ccccc1)C(=O)NC1CCCCC1)S(C)(=O)=O. The Bertz CT molecular complexity index is 1600. The number of nitrogens with zero attached hydrogens (tertiary/aromatic N) is 3. The fourth-order valence-corrected chi connectivity index (χ4v) is 6.58. The third-order valence-corrected chi connectivity index (χ3v) is 9.47. The molecule has 240 valence electrons. The Hall–Kier alpha value is -3.97. The van der Waals surface area contributed by atoms with Gasteiger partial charge in [-0.25, -0.2) is 8.42 Å². The van der Waals surface area contributed by atoms with E-state index in [0.29, 0.717) is 0 Å². The van der Waals surface area contributed by atoms with Gasteiger partial charge in [-0.15, -0.1) is 0 Å². The lowest BCUT2D eigenvalue weighted by Gasteiger charge is -2.35. The number of methoxy groups -OCH3 is 1. The lowest BCUT2D eigenvalue weighted by atomic mass is 9.94. The summed E-state index contributed by atoms with van der Waals surface area (Å²) in [6, 6.07) is 19.1. The summed E-state index contributed by atoms with van der Waals surface area (Å²) in [4.78, 5) is 40.7. The highest BCUT2D eigenvalue weighted by molar-refractivity contribution is 9.10. The number of amides is 2. The van der Waals surface area contributed by atoms with E-state index in [4.69, 9.17) is 4.74 Å². The number of hydrogen-bond donors (Lipinski definition) is 1. The van der Waals surface area contributed by atoms with E-state index in [-0.39, 0.29) is 42.0 Å². The Balaban J connectivity index is 1.77. The van der Waals surface area contributed by atoms with Crippen molar-refractivity contribution in [1.82, 2.24) is 10.2 Å². The van der Waals surface area contributed by atoms with Gasteiger partial charge >= 0.3 is 0 Å². The fourth-order valence-electron chi connectivity index (χ4n) is 5.47. The molecule has 4 rings (SSSR count). The van der Waals surface area contributed by atoms with Crippen molar-refractivity contribution in [2.24, 2.45) is 0 Å². The number of carbonyl (C=O) groups is 2. The molecule has 0 heterocycles. The van der Waals surface area contributed by atoms with Crippen LogP contribution in [0.25, 0.3) is 0 Å². The molecule has 1 saturated carbocycles. The molecule has 0 aliphatic heterocycles. The lowest BCUT2D eigenvalue weighted by Crippen LogP contribution is -2.55. The first-order valence-corrected chi connectivity index (χ1v) is 17.3. The molecule has 2 amide bonds. The highest BCUT2D eigenvalue weighted by Gasteiger charge is 2.35. The molecule has 1 aliphatic rings. The summed E-state index contributed by atoms with van der Waals surface area (Å²) in [6.07, 6.45) is 5.91. The molecule has 1 atom stereocenters. The zero-order valence-corrected chi connectivity index (χ0v) is 27.6. The number of non-ortho nitro benzene ring substituents is 1. The average Bonchev–Trinajstić information content (AvgIpc) is 3.02. The van der Waals surface area contributed by atoms with Gasteiger partial charge in [0.25, 0.3) is 5.69 Å². The van der Waals surface area contributed by atoms with Crippen LogP contribution in [-0.2, 0) is 32.6 Å². The van der Waals surface area contributed by atoms with E-state index in [2.05, 4.69) is 21.2 Å². The molecule has 0 saturated heterocycles. The standard InChI is InChI=1S/C32H37BrN4O7S/c1-44-30-18-17-27(37(40)41)20-28(30)36(45(2,42)43)22-31(38)35(21-24-13-15-25(33)16-14-24)29(19-23-9-5-3-6-10-23)32(39)34-26-11-7-4-8-12-26/h3,5-6,9-10,13-18,20,26,29H,4,7-8,11-12,19,21-22H2,1-2H3,(H,34,39)/t29-/m1/s1. The molecule has 0 bridgehead atoms. The topological polar surface area (TPSA) is 139 Å².